The van der Waals surface area contributed by atoms with Crippen LogP contribution in [0.5, 0.6) is 0 Å². The molecule has 0 rings (SSSR count). The smallest absolute Gasteiger partial charge is 0.129 e. The van der Waals surface area contributed by atoms with Gasteiger partial charge in [-0.3, -0.25) is 0 Å². The first kappa shape index (κ1) is 21.4. The van der Waals surface area contributed by atoms with Crippen molar-refractivity contribution < 1.29 is 0 Å². The minimum atomic E-state index is -1.20. The van der Waals surface area contributed by atoms with E-state index in [9.17, 15) is 0 Å². The van der Waals surface area contributed by atoms with Crippen LogP contribution in [0.3, 0.4) is 0 Å². The summed E-state index contributed by atoms with van der Waals surface area (Å²) in [7, 11) is -1.48. The maximum atomic E-state index is 3.21. The van der Waals surface area contributed by atoms with Crippen LogP contribution in [0.2, 0.25) is 30.2 Å². The molecule has 0 unspecified atom stereocenters. The molecule has 127 valence electrons. The Labute approximate surface area is 138 Å². The molecule has 1 nitrogen and oxygen atoms in total. The molecule has 0 bridgehead atoms. The maximum absolute atomic E-state index is 3.21. The fourth-order valence-corrected chi connectivity index (χ4v) is 16.0. The van der Waals surface area contributed by atoms with Crippen molar-refractivity contribution in [1.29, 1.82) is 0 Å². The van der Waals surface area contributed by atoms with Gasteiger partial charge in [-0.1, -0.05) is 73.6 Å². The van der Waals surface area contributed by atoms with Crippen molar-refractivity contribution in [2.75, 3.05) is 6.54 Å². The zero-order valence-corrected chi connectivity index (χ0v) is 17.9. The lowest BCUT2D eigenvalue weighted by Crippen LogP contribution is -2.59. The van der Waals surface area contributed by atoms with Crippen LogP contribution in [-0.4, -0.2) is 28.0 Å². The third-order valence-electron chi connectivity index (χ3n) is 4.62. The van der Waals surface area contributed by atoms with Gasteiger partial charge >= 0.3 is 0 Å². The lowest BCUT2D eigenvalue weighted by Gasteiger charge is -2.47. The Kier molecular flexibility index (Phi) is 13.1. The molecule has 1 radical (unpaired) electrons. The van der Waals surface area contributed by atoms with Gasteiger partial charge in [0.1, 0.15) is 17.2 Å². The molecular formula is C18H42NSi2. The van der Waals surface area contributed by atoms with Gasteiger partial charge in [0.25, 0.3) is 0 Å². The molecule has 21 heavy (non-hydrogen) atoms. The highest BCUT2D eigenvalue weighted by atomic mass is 28.4. The van der Waals surface area contributed by atoms with Gasteiger partial charge in [0.15, 0.2) is 0 Å². The summed E-state index contributed by atoms with van der Waals surface area (Å²) < 4.78 is 3.21. The third kappa shape index (κ3) is 7.00. The Morgan fingerprint density at radius 1 is 0.619 bits per heavy atom. The van der Waals surface area contributed by atoms with E-state index in [0.717, 1.165) is 0 Å². The van der Waals surface area contributed by atoms with Crippen LogP contribution in [0.4, 0.5) is 0 Å². The molecule has 0 heterocycles. The third-order valence-corrected chi connectivity index (χ3v) is 15.8. The van der Waals surface area contributed by atoms with Crippen LogP contribution in [0.15, 0.2) is 0 Å². The summed E-state index contributed by atoms with van der Waals surface area (Å²) in [5, 5.41) is 0. The molecule has 0 fully saturated rings. The van der Waals surface area contributed by atoms with Gasteiger partial charge in [0.05, 0.1) is 0 Å². The molecule has 0 aliphatic carbocycles. The van der Waals surface area contributed by atoms with Crippen molar-refractivity contribution in [2.24, 2.45) is 0 Å². The molecule has 0 saturated carbocycles. The molecule has 0 aromatic heterocycles. The van der Waals surface area contributed by atoms with E-state index < -0.39 is 8.24 Å². The average Bonchev–Trinajstić information content (AvgIpc) is 2.45. The highest BCUT2D eigenvalue weighted by molar-refractivity contribution is 6.85. The summed E-state index contributed by atoms with van der Waals surface area (Å²) in [6.07, 6.45) is 8.35. The molecule has 0 saturated heterocycles. The minimum Gasteiger partial charge on any atom is -0.346 e. The van der Waals surface area contributed by atoms with E-state index in [1.54, 1.807) is 18.1 Å². The molecule has 3 heteroatoms. The number of nitrogens with zero attached hydrogens (tertiary/aromatic N) is 1. The average molecular weight is 329 g/mol. The molecular weight excluding hydrogens is 286 g/mol. The second kappa shape index (κ2) is 12.9. The zero-order chi connectivity index (χ0) is 16.1. The topological polar surface area (TPSA) is 3.24 Å². The van der Waals surface area contributed by atoms with Crippen molar-refractivity contribution in [1.82, 2.24) is 4.23 Å². The normalized spacial score (nSPS) is 12.6. The van der Waals surface area contributed by atoms with Gasteiger partial charge in [-0.2, -0.15) is 0 Å². The number of hydrogen-bond donors (Lipinski definition) is 0. The van der Waals surface area contributed by atoms with Crippen LogP contribution in [0.1, 0.15) is 80.1 Å². The highest BCUT2D eigenvalue weighted by Crippen LogP contribution is 2.33. The van der Waals surface area contributed by atoms with Crippen LogP contribution < -0.4 is 0 Å². The predicted molar refractivity (Wildman–Crippen MR) is 104 cm³/mol. The Morgan fingerprint density at radius 3 is 1.33 bits per heavy atom. The van der Waals surface area contributed by atoms with E-state index >= 15 is 0 Å². The Morgan fingerprint density at radius 2 is 1.05 bits per heavy atom. The molecule has 0 aromatic carbocycles. The monoisotopic (exact) mass is 328 g/mol. The van der Waals surface area contributed by atoms with Crippen LogP contribution in [0, 0.1) is 0 Å². The first-order valence-electron chi connectivity index (χ1n) is 9.77. The molecule has 0 spiro atoms. The molecule has 0 aliphatic rings. The zero-order valence-electron chi connectivity index (χ0n) is 15.9. The predicted octanol–water partition coefficient (Wildman–Crippen LogP) is 6.69. The van der Waals surface area contributed by atoms with Crippen molar-refractivity contribution in [2.45, 2.75) is 110 Å². The van der Waals surface area contributed by atoms with E-state index in [0.29, 0.717) is 0 Å². The number of hydrogen-bond acceptors (Lipinski definition) is 1. The second-order valence-electron chi connectivity index (χ2n) is 6.69. The second-order valence-corrected chi connectivity index (χ2v) is 14.3. The Hall–Kier alpha value is 0.394. The summed E-state index contributed by atoms with van der Waals surface area (Å²) in [6, 6.07) is 7.69. The maximum Gasteiger partial charge on any atom is 0.129 e. The Bertz CT molecular complexity index is 210. The first-order valence-corrected chi connectivity index (χ1v) is 14.2. The van der Waals surface area contributed by atoms with E-state index in [4.69, 9.17) is 0 Å². The fourth-order valence-electron chi connectivity index (χ4n) is 4.10. The van der Waals surface area contributed by atoms with Gasteiger partial charge in [0, 0.05) is 0 Å². The summed E-state index contributed by atoms with van der Waals surface area (Å²) in [5.74, 6) is 0. The molecule has 0 N–H and O–H groups in total. The van der Waals surface area contributed by atoms with Gasteiger partial charge in [-0.25, -0.2) is 0 Å². The van der Waals surface area contributed by atoms with Crippen LogP contribution in [0.25, 0.3) is 0 Å². The van der Waals surface area contributed by atoms with Gasteiger partial charge in [0.2, 0.25) is 0 Å². The summed E-state index contributed by atoms with van der Waals surface area (Å²) in [5.41, 5.74) is 0. The Balaban J connectivity index is 5.40. The summed E-state index contributed by atoms with van der Waals surface area (Å²) in [4.78, 5) is 0. The summed E-state index contributed by atoms with van der Waals surface area (Å²) >= 11 is 0. The van der Waals surface area contributed by atoms with Crippen molar-refractivity contribution in [3.05, 3.63) is 0 Å². The van der Waals surface area contributed by atoms with Gasteiger partial charge in [-0.15, -0.1) is 0 Å². The van der Waals surface area contributed by atoms with E-state index in [1.807, 2.05) is 0 Å². The van der Waals surface area contributed by atoms with E-state index in [2.05, 4.69) is 45.8 Å². The van der Waals surface area contributed by atoms with Crippen LogP contribution >= 0.6 is 0 Å². The van der Waals surface area contributed by atoms with Gasteiger partial charge < -0.3 is 4.23 Å². The van der Waals surface area contributed by atoms with Crippen molar-refractivity contribution in [3.8, 4) is 0 Å². The molecule has 0 amide bonds. The first-order chi connectivity index (χ1) is 10.2. The molecule has 0 aromatic rings. The van der Waals surface area contributed by atoms with Crippen molar-refractivity contribution >= 4 is 17.2 Å². The molecule has 0 aliphatic heterocycles. The fraction of sp³-hybridized carbons (Fsp3) is 1.00. The quantitative estimate of drug-likeness (QED) is 0.321. The van der Waals surface area contributed by atoms with Crippen molar-refractivity contribution in [3.63, 3.8) is 0 Å². The summed E-state index contributed by atoms with van der Waals surface area (Å²) in [6.45, 7) is 15.9. The molecule has 0 atom stereocenters. The standard InChI is InChI=1S/C18H42NSi2/c1-7-13-19(20(14-8-2)15-9-3)21(16-10-4,17-11-5)18-12-6/h7-18H2,1-6H3. The number of rotatable bonds is 14. The van der Waals surface area contributed by atoms with E-state index in [1.165, 1.54) is 57.2 Å². The largest absolute Gasteiger partial charge is 0.346 e. The van der Waals surface area contributed by atoms with E-state index in [-0.39, 0.29) is 8.96 Å². The lowest BCUT2D eigenvalue weighted by molar-refractivity contribution is 0.571. The highest BCUT2D eigenvalue weighted by Gasteiger charge is 2.40. The lowest BCUT2D eigenvalue weighted by atomic mass is 10.5. The van der Waals surface area contributed by atoms with Crippen LogP contribution in [-0.2, 0) is 0 Å². The minimum absolute atomic E-state index is 0.274. The van der Waals surface area contributed by atoms with Gasteiger partial charge in [-0.05, 0) is 43.2 Å². The SMILES string of the molecule is CCCN([Si](CCC)CCC)[Si](CCC)(CCC)CCC.